The van der Waals surface area contributed by atoms with Crippen LogP contribution in [0.15, 0.2) is 36.4 Å². The van der Waals surface area contributed by atoms with Crippen molar-refractivity contribution in [2.24, 2.45) is 0 Å². The predicted molar refractivity (Wildman–Crippen MR) is 62.2 cm³/mol. The molecule has 0 unspecified atom stereocenters. The van der Waals surface area contributed by atoms with Crippen LogP contribution in [0.3, 0.4) is 0 Å². The van der Waals surface area contributed by atoms with Gasteiger partial charge in [0.15, 0.2) is 0 Å². The van der Waals surface area contributed by atoms with Crippen LogP contribution in [-0.2, 0) is 0 Å². The van der Waals surface area contributed by atoms with Gasteiger partial charge < -0.3 is 15.2 Å². The van der Waals surface area contributed by atoms with Crippen LogP contribution in [0.2, 0.25) is 0 Å². The summed E-state index contributed by atoms with van der Waals surface area (Å²) in [5.41, 5.74) is 1.03. The van der Waals surface area contributed by atoms with Gasteiger partial charge in [-0.3, -0.25) is 0 Å². The fourth-order valence-corrected chi connectivity index (χ4v) is 2.11. The van der Waals surface area contributed by atoms with Crippen molar-refractivity contribution in [2.75, 3.05) is 0 Å². The van der Waals surface area contributed by atoms with E-state index in [-0.39, 0.29) is 56.9 Å². The molecule has 5 heteroatoms. The summed E-state index contributed by atoms with van der Waals surface area (Å²) in [6.07, 6.45) is 0. The summed E-state index contributed by atoms with van der Waals surface area (Å²) in [5.74, 6) is -1.68. The van der Waals surface area contributed by atoms with E-state index in [9.17, 15) is 9.90 Å². The molecule has 0 aliphatic heterocycles. The largest absolute Gasteiger partial charge is 1.00 e. The quantitative estimate of drug-likeness (QED) is 0.560. The molecule has 18 heavy (non-hydrogen) atoms. The van der Waals surface area contributed by atoms with E-state index in [4.69, 9.17) is 5.11 Å². The Bertz CT molecular complexity index is 748. The van der Waals surface area contributed by atoms with Gasteiger partial charge in [0, 0.05) is 16.3 Å². The van der Waals surface area contributed by atoms with E-state index in [1.54, 1.807) is 6.07 Å². The molecule has 2 N–H and O–H groups in total. The second kappa shape index (κ2) is 5.03. The first-order valence-electron chi connectivity index (χ1n) is 5.12. The molecule has 3 aromatic rings. The van der Waals surface area contributed by atoms with Gasteiger partial charge in [0.05, 0.1) is 11.1 Å². The van der Waals surface area contributed by atoms with Crippen LogP contribution in [0, 0.1) is 0 Å². The molecule has 0 saturated carbocycles. The maximum Gasteiger partial charge on any atom is 1.00 e. The van der Waals surface area contributed by atoms with E-state index >= 15 is 0 Å². The predicted octanol–water partition coefficient (Wildman–Crippen LogP) is -0.903. The second-order valence-electron chi connectivity index (χ2n) is 3.84. The van der Waals surface area contributed by atoms with Gasteiger partial charge in [0.2, 0.25) is 0 Å². The van der Waals surface area contributed by atoms with E-state index < -0.39 is 11.7 Å². The number of carbonyl (C=O) groups is 1. The zero-order valence-corrected chi connectivity index (χ0v) is 12.9. The second-order valence-corrected chi connectivity index (χ2v) is 3.84. The zero-order valence-electron chi connectivity index (χ0n) is 9.73. The molecule has 0 amide bonds. The number of benzene rings is 2. The Morgan fingerprint density at radius 1 is 1.11 bits per heavy atom. The van der Waals surface area contributed by atoms with Crippen molar-refractivity contribution in [3.63, 3.8) is 0 Å². The van der Waals surface area contributed by atoms with Crippen molar-refractivity contribution in [3.8, 4) is 5.75 Å². The van der Waals surface area contributed by atoms with Gasteiger partial charge in [-0.2, -0.15) is 0 Å². The van der Waals surface area contributed by atoms with E-state index in [2.05, 4.69) is 4.98 Å². The number of carboxylic acid groups (broad SMARTS) is 1. The van der Waals surface area contributed by atoms with Crippen LogP contribution < -0.4 is 56.5 Å². The number of nitrogens with one attached hydrogen (secondary N) is 1. The Balaban J connectivity index is 0.00000120. The molecule has 3 rings (SSSR count). The number of aromatic amines is 1. The standard InChI is InChI=1S/C13H9NO3.K/c15-10-6-5-8-7-3-1-2-4-9(7)14-12(8)11(10)13(16)17;/h1-6,14-15H,(H,16,17);/q;+1/p-1. The van der Waals surface area contributed by atoms with Gasteiger partial charge in [-0.05, 0) is 6.07 Å². The summed E-state index contributed by atoms with van der Waals surface area (Å²) < 4.78 is 0. The zero-order chi connectivity index (χ0) is 12.0. The molecular weight excluding hydrogens is 257 g/mol. The van der Waals surface area contributed by atoms with E-state index in [0.29, 0.717) is 5.52 Å². The van der Waals surface area contributed by atoms with E-state index in [1.807, 2.05) is 24.3 Å². The Hall–Kier alpha value is -0.854. The Morgan fingerprint density at radius 3 is 2.56 bits per heavy atom. The average Bonchev–Trinajstić information content (AvgIpc) is 2.66. The third kappa shape index (κ3) is 1.98. The molecule has 0 atom stereocenters. The molecule has 0 spiro atoms. The SMILES string of the molecule is O=C(O)c1c([O-])ccc2c1[nH]c1ccccc12.[K+]. The molecule has 0 radical (unpaired) electrons. The summed E-state index contributed by atoms with van der Waals surface area (Å²) in [4.78, 5) is 14.1. The Morgan fingerprint density at radius 2 is 1.83 bits per heavy atom. The molecule has 0 bridgehead atoms. The number of aromatic carboxylic acids is 1. The van der Waals surface area contributed by atoms with Crippen molar-refractivity contribution >= 4 is 27.8 Å². The van der Waals surface area contributed by atoms with Crippen LogP contribution in [0.4, 0.5) is 0 Å². The van der Waals surface area contributed by atoms with Gasteiger partial charge in [-0.25, -0.2) is 4.79 Å². The maximum absolute atomic E-state index is 11.6. The number of fused-ring (bicyclic) bond motifs is 3. The summed E-state index contributed by atoms with van der Waals surface area (Å²) in [5, 5.41) is 22.3. The molecule has 4 nitrogen and oxygen atoms in total. The molecule has 2 aromatic carbocycles. The van der Waals surface area contributed by atoms with Crippen molar-refractivity contribution in [1.82, 2.24) is 4.98 Å². The molecule has 0 fully saturated rings. The number of carboxylic acids is 1. The fraction of sp³-hybridized carbons (Fsp3) is 0. The number of aromatic nitrogens is 1. The first-order valence-corrected chi connectivity index (χ1v) is 5.12. The maximum atomic E-state index is 11.6. The minimum Gasteiger partial charge on any atom is -0.872 e. The van der Waals surface area contributed by atoms with Crippen LogP contribution >= 0.6 is 0 Å². The van der Waals surface area contributed by atoms with Crippen molar-refractivity contribution in [1.29, 1.82) is 0 Å². The van der Waals surface area contributed by atoms with Crippen LogP contribution in [-0.4, -0.2) is 16.1 Å². The van der Waals surface area contributed by atoms with Crippen LogP contribution in [0.1, 0.15) is 10.4 Å². The number of para-hydroxylation sites is 1. The minimum atomic E-state index is -1.20. The molecular formula is C13H8KNO3. The van der Waals surface area contributed by atoms with Crippen LogP contribution in [0.5, 0.6) is 5.75 Å². The third-order valence-corrected chi connectivity index (χ3v) is 2.86. The van der Waals surface area contributed by atoms with Gasteiger partial charge >= 0.3 is 57.4 Å². The van der Waals surface area contributed by atoms with Gasteiger partial charge in [0.1, 0.15) is 0 Å². The third-order valence-electron chi connectivity index (χ3n) is 2.86. The minimum absolute atomic E-state index is 0. The fourth-order valence-electron chi connectivity index (χ4n) is 2.11. The van der Waals surface area contributed by atoms with E-state index in [0.717, 1.165) is 16.3 Å². The first kappa shape index (κ1) is 13.6. The number of hydrogen-bond acceptors (Lipinski definition) is 2. The molecule has 84 valence electrons. The van der Waals surface area contributed by atoms with Gasteiger partial charge in [0.25, 0.3) is 0 Å². The molecule has 0 saturated heterocycles. The summed E-state index contributed by atoms with van der Waals surface area (Å²) in [7, 11) is 0. The Labute approximate surface area is 145 Å². The van der Waals surface area contributed by atoms with E-state index in [1.165, 1.54) is 6.07 Å². The van der Waals surface area contributed by atoms with Crippen molar-refractivity contribution in [3.05, 3.63) is 42.0 Å². The smallest absolute Gasteiger partial charge is 0.872 e. The number of hydrogen-bond donors (Lipinski definition) is 2. The number of H-pyrrole nitrogens is 1. The average molecular weight is 265 g/mol. The Kier molecular flexibility index (Phi) is 3.79. The number of rotatable bonds is 1. The summed E-state index contributed by atoms with van der Waals surface area (Å²) in [6, 6.07) is 10.4. The van der Waals surface area contributed by atoms with Gasteiger partial charge in [-0.15, -0.1) is 0 Å². The monoisotopic (exact) mass is 265 g/mol. The molecule has 1 aromatic heterocycles. The van der Waals surface area contributed by atoms with Crippen molar-refractivity contribution in [2.45, 2.75) is 0 Å². The topological polar surface area (TPSA) is 76.2 Å². The van der Waals surface area contributed by atoms with Crippen LogP contribution in [0.25, 0.3) is 21.8 Å². The first-order chi connectivity index (χ1) is 8.18. The molecule has 0 aliphatic rings. The molecule has 0 aliphatic carbocycles. The summed E-state index contributed by atoms with van der Waals surface area (Å²) >= 11 is 0. The summed E-state index contributed by atoms with van der Waals surface area (Å²) in [6.45, 7) is 0. The van der Waals surface area contributed by atoms with Gasteiger partial charge in [-0.1, -0.05) is 36.1 Å². The molecule has 1 heterocycles. The normalized spacial score (nSPS) is 10.4. The van der Waals surface area contributed by atoms with Crippen molar-refractivity contribution < 1.29 is 66.4 Å².